The highest BCUT2D eigenvalue weighted by molar-refractivity contribution is 7.93. The van der Waals surface area contributed by atoms with Crippen LogP contribution in [0.1, 0.15) is 33.6 Å². The van der Waals surface area contributed by atoms with Crippen LogP contribution in [0.2, 0.25) is 0 Å². The lowest BCUT2D eigenvalue weighted by molar-refractivity contribution is -0.384. The van der Waals surface area contributed by atoms with Gasteiger partial charge in [0.1, 0.15) is 4.21 Å². The van der Waals surface area contributed by atoms with E-state index in [-0.39, 0.29) is 39.3 Å². The fourth-order valence-electron chi connectivity index (χ4n) is 3.33. The highest BCUT2D eigenvalue weighted by Gasteiger charge is 2.34. The Morgan fingerprint density at radius 1 is 1.06 bits per heavy atom. The molecule has 0 spiro atoms. The fraction of sp³-hybridized carbons (Fsp3) is 0.143. The van der Waals surface area contributed by atoms with Crippen molar-refractivity contribution in [1.82, 2.24) is 9.88 Å². The number of nitrogens with zero attached hydrogens (tertiary/aromatic N) is 3. The highest BCUT2D eigenvalue weighted by atomic mass is 32.2. The van der Waals surface area contributed by atoms with Crippen LogP contribution < -0.4 is 5.32 Å². The van der Waals surface area contributed by atoms with Crippen molar-refractivity contribution >= 4 is 49.7 Å². The zero-order valence-electron chi connectivity index (χ0n) is 17.3. The maximum absolute atomic E-state index is 12.7. The number of amides is 3. The minimum atomic E-state index is -3.96. The first-order valence-corrected chi connectivity index (χ1v) is 12.2. The Bertz CT molecular complexity index is 1380. The first-order chi connectivity index (χ1) is 16.2. The zero-order valence-corrected chi connectivity index (χ0v) is 19.0. The van der Waals surface area contributed by atoms with Crippen LogP contribution in [0, 0.1) is 10.1 Å². The predicted octanol–water partition coefficient (Wildman–Crippen LogP) is 2.90. The number of non-ortho nitro benzene ring substituents is 1. The second kappa shape index (κ2) is 9.11. The third-order valence-electron chi connectivity index (χ3n) is 5.02. The number of thiazole rings is 1. The number of fused-ring (bicyclic) bond motifs is 1. The van der Waals surface area contributed by atoms with Crippen LogP contribution in [-0.4, -0.2) is 47.5 Å². The van der Waals surface area contributed by atoms with E-state index in [0.29, 0.717) is 11.1 Å². The van der Waals surface area contributed by atoms with Crippen molar-refractivity contribution in [3.63, 3.8) is 0 Å². The molecule has 0 fully saturated rings. The van der Waals surface area contributed by atoms with Gasteiger partial charge in [-0.05, 0) is 30.7 Å². The molecule has 3 amide bonds. The number of nitro groups is 1. The molecule has 1 aliphatic rings. The number of aromatic nitrogens is 1. The summed E-state index contributed by atoms with van der Waals surface area (Å²) in [6.07, 6.45) is 1.30. The number of hydrogen-bond donors (Lipinski definition) is 1. The largest absolute Gasteiger partial charge is 0.302 e. The minimum absolute atomic E-state index is 0.0164. The van der Waals surface area contributed by atoms with E-state index in [9.17, 15) is 32.9 Å². The molecule has 34 heavy (non-hydrogen) atoms. The quantitative estimate of drug-likeness (QED) is 0.281. The predicted molar refractivity (Wildman–Crippen MR) is 120 cm³/mol. The molecule has 11 nitrogen and oxygen atoms in total. The standard InChI is InChI=1S/C21H16N4O7S2/c26-17(6-3-11-24-19(27)15-4-1-2-5-16(15)20(24)28)23-21-22-12-18(33-21)34(31,32)14-9-7-13(8-10-14)25(29)30/h1-2,4-5,7-10,12H,3,6,11H2,(H,22,23,26). The average Bonchev–Trinajstić information content (AvgIpc) is 3.38. The van der Waals surface area contributed by atoms with Gasteiger partial charge in [0.2, 0.25) is 15.7 Å². The third-order valence-corrected chi connectivity index (χ3v) is 8.16. The van der Waals surface area contributed by atoms with Crippen molar-refractivity contribution in [2.24, 2.45) is 0 Å². The molecule has 1 aromatic heterocycles. The van der Waals surface area contributed by atoms with Gasteiger partial charge < -0.3 is 5.32 Å². The Morgan fingerprint density at radius 2 is 1.68 bits per heavy atom. The molecule has 3 aromatic rings. The first kappa shape index (κ1) is 23.2. The maximum atomic E-state index is 12.7. The van der Waals surface area contributed by atoms with Gasteiger partial charge in [-0.25, -0.2) is 13.4 Å². The number of carbonyl (C=O) groups is 3. The molecule has 174 valence electrons. The summed E-state index contributed by atoms with van der Waals surface area (Å²) in [6, 6.07) is 10.9. The summed E-state index contributed by atoms with van der Waals surface area (Å²) in [6.45, 7) is 0.0669. The van der Waals surface area contributed by atoms with Crippen molar-refractivity contribution in [2.75, 3.05) is 11.9 Å². The number of rotatable bonds is 8. The molecular formula is C21H16N4O7S2. The molecule has 0 radical (unpaired) electrons. The van der Waals surface area contributed by atoms with Crippen molar-refractivity contribution in [1.29, 1.82) is 0 Å². The van der Waals surface area contributed by atoms with E-state index >= 15 is 0 Å². The number of nitrogens with one attached hydrogen (secondary N) is 1. The Labute approximate surface area is 197 Å². The summed E-state index contributed by atoms with van der Waals surface area (Å²) in [7, 11) is -3.96. The number of hydrogen-bond acceptors (Lipinski definition) is 9. The smallest absolute Gasteiger partial charge is 0.269 e. The Balaban J connectivity index is 1.33. The van der Waals surface area contributed by atoms with Gasteiger partial charge in [-0.15, -0.1) is 0 Å². The van der Waals surface area contributed by atoms with Crippen LogP contribution >= 0.6 is 11.3 Å². The van der Waals surface area contributed by atoms with Gasteiger partial charge in [0.15, 0.2) is 5.13 Å². The lowest BCUT2D eigenvalue weighted by Gasteiger charge is -2.13. The maximum Gasteiger partial charge on any atom is 0.269 e. The van der Waals surface area contributed by atoms with Crippen molar-refractivity contribution in [3.05, 3.63) is 76.0 Å². The van der Waals surface area contributed by atoms with Crippen LogP contribution in [-0.2, 0) is 14.6 Å². The Hall–Kier alpha value is -3.97. The molecule has 2 aromatic carbocycles. The molecule has 2 heterocycles. The molecule has 0 saturated carbocycles. The monoisotopic (exact) mass is 500 g/mol. The van der Waals surface area contributed by atoms with Crippen LogP contribution in [0.3, 0.4) is 0 Å². The average molecular weight is 501 g/mol. The van der Waals surface area contributed by atoms with Gasteiger partial charge in [-0.2, -0.15) is 0 Å². The van der Waals surface area contributed by atoms with Gasteiger partial charge in [0, 0.05) is 25.1 Å². The summed E-state index contributed by atoms with van der Waals surface area (Å²) < 4.78 is 25.3. The molecule has 0 aliphatic carbocycles. The van der Waals surface area contributed by atoms with Crippen molar-refractivity contribution in [3.8, 4) is 0 Å². The first-order valence-electron chi connectivity index (χ1n) is 9.89. The number of sulfone groups is 1. The normalized spacial score (nSPS) is 13.1. The molecule has 0 bridgehead atoms. The lowest BCUT2D eigenvalue weighted by Crippen LogP contribution is -2.31. The molecule has 1 aliphatic heterocycles. The second-order valence-electron chi connectivity index (χ2n) is 7.20. The number of benzene rings is 2. The SMILES string of the molecule is O=C(CCCN1C(=O)c2ccccc2C1=O)Nc1ncc(S(=O)(=O)c2ccc([N+](=O)[O-])cc2)s1. The van der Waals surface area contributed by atoms with Crippen LogP contribution in [0.5, 0.6) is 0 Å². The summed E-state index contributed by atoms with van der Waals surface area (Å²) in [4.78, 5) is 51.9. The Morgan fingerprint density at radius 3 is 2.26 bits per heavy atom. The molecule has 0 atom stereocenters. The highest BCUT2D eigenvalue weighted by Crippen LogP contribution is 2.29. The van der Waals surface area contributed by atoms with Crippen molar-refractivity contribution < 1.29 is 27.7 Å². The van der Waals surface area contributed by atoms with Crippen LogP contribution in [0.25, 0.3) is 0 Å². The summed E-state index contributed by atoms with van der Waals surface area (Å²) in [5.41, 5.74) is 0.431. The third kappa shape index (κ3) is 4.43. The van der Waals surface area contributed by atoms with Gasteiger partial charge in [0.25, 0.3) is 17.5 Å². The van der Waals surface area contributed by atoms with E-state index in [1.165, 1.54) is 0 Å². The fourth-order valence-corrected chi connectivity index (χ4v) is 5.77. The zero-order chi connectivity index (χ0) is 24.5. The Kier molecular flexibility index (Phi) is 6.22. The second-order valence-corrected chi connectivity index (χ2v) is 10.4. The van der Waals surface area contributed by atoms with Crippen molar-refractivity contribution in [2.45, 2.75) is 21.9 Å². The van der Waals surface area contributed by atoms with Crippen LogP contribution in [0.15, 0.2) is 63.8 Å². The molecule has 0 saturated heterocycles. The molecule has 13 heteroatoms. The minimum Gasteiger partial charge on any atom is -0.302 e. The van der Waals surface area contributed by atoms with Gasteiger partial charge in [0.05, 0.1) is 27.1 Å². The van der Waals surface area contributed by atoms with Gasteiger partial charge in [-0.1, -0.05) is 23.5 Å². The van der Waals surface area contributed by atoms with Gasteiger partial charge in [-0.3, -0.25) is 29.4 Å². The van der Waals surface area contributed by atoms with E-state index in [1.54, 1.807) is 24.3 Å². The van der Waals surface area contributed by atoms with Crippen LogP contribution in [0.4, 0.5) is 10.8 Å². The number of anilines is 1. The molecule has 4 rings (SSSR count). The molecular weight excluding hydrogens is 484 g/mol. The lowest BCUT2D eigenvalue weighted by atomic mass is 10.1. The van der Waals surface area contributed by atoms with E-state index in [2.05, 4.69) is 10.3 Å². The molecule has 0 unspecified atom stereocenters. The van der Waals surface area contributed by atoms with E-state index in [1.807, 2.05) is 0 Å². The van der Waals surface area contributed by atoms with Gasteiger partial charge >= 0.3 is 0 Å². The summed E-state index contributed by atoms with van der Waals surface area (Å²) >= 11 is 0.741. The van der Waals surface area contributed by atoms with E-state index in [0.717, 1.165) is 46.7 Å². The summed E-state index contributed by atoms with van der Waals surface area (Å²) in [5, 5.41) is 13.3. The number of carbonyl (C=O) groups excluding carboxylic acids is 3. The number of imide groups is 1. The van der Waals surface area contributed by atoms with E-state index < -0.39 is 32.5 Å². The number of nitro benzene ring substituents is 1. The van der Waals surface area contributed by atoms with E-state index in [4.69, 9.17) is 0 Å². The summed E-state index contributed by atoms with van der Waals surface area (Å²) in [5.74, 6) is -1.26. The topological polar surface area (TPSA) is 157 Å². The molecule has 1 N–H and O–H groups in total.